The van der Waals surface area contributed by atoms with Gasteiger partial charge in [0.1, 0.15) is 0 Å². The number of rotatable bonds is 6. The highest BCUT2D eigenvalue weighted by Crippen LogP contribution is 2.29. The lowest BCUT2D eigenvalue weighted by Gasteiger charge is -2.24. The normalized spacial score (nSPS) is 14.3. The van der Waals surface area contributed by atoms with Crippen molar-refractivity contribution in [2.75, 3.05) is 7.05 Å². The molecule has 2 atom stereocenters. The molecule has 0 fully saturated rings. The topological polar surface area (TPSA) is 42.7 Å². The molecule has 0 amide bonds. The Hall–Kier alpha value is -1.68. The Labute approximate surface area is 114 Å². The van der Waals surface area contributed by atoms with Gasteiger partial charge in [0.25, 0.3) is 0 Å². The number of likely N-dealkylation sites (N-methyl/N-ethyl adjacent to an activating group) is 1. The second kappa shape index (κ2) is 6.48. The fraction of sp³-hybridized carbons (Fsp3) is 0.467. The molecule has 2 unspecified atom stereocenters. The Balaban J connectivity index is 2.26. The Morgan fingerprint density at radius 2 is 2.00 bits per heavy atom. The SMILES string of the molecule is CCCn1nncc1C(NC)C(C)c1ccccc1. The van der Waals surface area contributed by atoms with Gasteiger partial charge >= 0.3 is 0 Å². The summed E-state index contributed by atoms with van der Waals surface area (Å²) in [6, 6.07) is 10.8. The summed E-state index contributed by atoms with van der Waals surface area (Å²) in [5.74, 6) is 0.375. The molecule has 1 heterocycles. The molecule has 2 aromatic rings. The number of aromatic nitrogens is 3. The molecule has 4 nitrogen and oxygen atoms in total. The average Bonchev–Trinajstić information content (AvgIpc) is 2.89. The van der Waals surface area contributed by atoms with Crippen molar-refractivity contribution in [3.63, 3.8) is 0 Å². The van der Waals surface area contributed by atoms with Gasteiger partial charge < -0.3 is 5.32 Å². The van der Waals surface area contributed by atoms with Crippen LogP contribution in [0.2, 0.25) is 0 Å². The van der Waals surface area contributed by atoms with E-state index < -0.39 is 0 Å². The molecular formula is C15H22N4. The third-order valence-electron chi connectivity index (χ3n) is 3.54. The first-order valence-electron chi connectivity index (χ1n) is 6.88. The molecule has 0 spiro atoms. The summed E-state index contributed by atoms with van der Waals surface area (Å²) in [5, 5.41) is 11.6. The molecule has 102 valence electrons. The van der Waals surface area contributed by atoms with Crippen LogP contribution in [-0.2, 0) is 6.54 Å². The molecule has 0 aliphatic rings. The van der Waals surface area contributed by atoms with Crippen molar-refractivity contribution < 1.29 is 0 Å². The summed E-state index contributed by atoms with van der Waals surface area (Å²) < 4.78 is 2.00. The van der Waals surface area contributed by atoms with Gasteiger partial charge in [0.2, 0.25) is 0 Å². The van der Waals surface area contributed by atoms with Gasteiger partial charge in [-0.2, -0.15) is 0 Å². The van der Waals surface area contributed by atoms with E-state index in [0.717, 1.165) is 18.7 Å². The smallest absolute Gasteiger partial charge is 0.0762 e. The van der Waals surface area contributed by atoms with Crippen LogP contribution >= 0.6 is 0 Å². The first-order valence-corrected chi connectivity index (χ1v) is 6.88. The fourth-order valence-electron chi connectivity index (χ4n) is 2.50. The van der Waals surface area contributed by atoms with E-state index in [1.807, 2.05) is 24.0 Å². The molecular weight excluding hydrogens is 236 g/mol. The van der Waals surface area contributed by atoms with Crippen LogP contribution in [0.25, 0.3) is 0 Å². The first kappa shape index (κ1) is 13.7. The van der Waals surface area contributed by atoms with E-state index in [-0.39, 0.29) is 6.04 Å². The number of hydrogen-bond donors (Lipinski definition) is 1. The third-order valence-corrected chi connectivity index (χ3v) is 3.54. The van der Waals surface area contributed by atoms with Gasteiger partial charge in [0.15, 0.2) is 0 Å². The van der Waals surface area contributed by atoms with Crippen molar-refractivity contribution in [3.05, 3.63) is 47.8 Å². The van der Waals surface area contributed by atoms with Crippen molar-refractivity contribution in [2.45, 2.75) is 38.8 Å². The van der Waals surface area contributed by atoms with E-state index in [0.29, 0.717) is 5.92 Å². The van der Waals surface area contributed by atoms with E-state index in [1.54, 1.807) is 0 Å². The van der Waals surface area contributed by atoms with Gasteiger partial charge in [0.05, 0.1) is 17.9 Å². The number of hydrogen-bond acceptors (Lipinski definition) is 3. The minimum atomic E-state index is 0.226. The van der Waals surface area contributed by atoms with E-state index in [9.17, 15) is 0 Å². The Morgan fingerprint density at radius 1 is 1.26 bits per heavy atom. The predicted octanol–water partition coefficient (Wildman–Crippen LogP) is 2.75. The van der Waals surface area contributed by atoms with Crippen LogP contribution in [0.4, 0.5) is 0 Å². The summed E-state index contributed by atoms with van der Waals surface area (Å²) in [5.41, 5.74) is 2.48. The standard InChI is InChI=1S/C15H22N4/c1-4-10-19-14(11-17-18-19)15(16-3)12(2)13-8-6-5-7-9-13/h5-9,11-12,15-16H,4,10H2,1-3H3. The van der Waals surface area contributed by atoms with Crippen LogP contribution in [0.5, 0.6) is 0 Å². The Morgan fingerprint density at radius 3 is 2.63 bits per heavy atom. The monoisotopic (exact) mass is 258 g/mol. The molecule has 2 rings (SSSR count). The van der Waals surface area contributed by atoms with Crippen molar-refractivity contribution >= 4 is 0 Å². The second-order valence-electron chi connectivity index (χ2n) is 4.85. The maximum atomic E-state index is 4.18. The van der Waals surface area contributed by atoms with Gasteiger partial charge in [-0.25, -0.2) is 4.68 Å². The van der Waals surface area contributed by atoms with Crippen LogP contribution in [0.1, 0.15) is 43.5 Å². The number of nitrogens with one attached hydrogen (secondary N) is 1. The largest absolute Gasteiger partial charge is 0.311 e. The molecule has 1 aromatic heterocycles. The zero-order chi connectivity index (χ0) is 13.7. The molecule has 1 aromatic carbocycles. The summed E-state index contributed by atoms with van der Waals surface area (Å²) in [6.07, 6.45) is 2.93. The Kier molecular flexibility index (Phi) is 4.68. The molecule has 0 radical (unpaired) electrons. The highest BCUT2D eigenvalue weighted by Gasteiger charge is 2.22. The average molecular weight is 258 g/mol. The van der Waals surface area contributed by atoms with E-state index in [1.165, 1.54) is 5.56 Å². The molecule has 0 aliphatic carbocycles. The third kappa shape index (κ3) is 3.01. The zero-order valence-electron chi connectivity index (χ0n) is 11.9. The van der Waals surface area contributed by atoms with Gasteiger partial charge in [-0.05, 0) is 19.0 Å². The molecule has 0 bridgehead atoms. The highest BCUT2D eigenvalue weighted by molar-refractivity contribution is 5.23. The van der Waals surface area contributed by atoms with Crippen molar-refractivity contribution in [1.29, 1.82) is 0 Å². The summed E-state index contributed by atoms with van der Waals surface area (Å²) >= 11 is 0. The van der Waals surface area contributed by atoms with Crippen LogP contribution < -0.4 is 5.32 Å². The predicted molar refractivity (Wildman–Crippen MR) is 77.0 cm³/mol. The number of aryl methyl sites for hydroxylation is 1. The summed E-state index contributed by atoms with van der Waals surface area (Å²) in [6.45, 7) is 5.30. The van der Waals surface area contributed by atoms with Gasteiger partial charge in [-0.1, -0.05) is 49.4 Å². The van der Waals surface area contributed by atoms with Crippen molar-refractivity contribution in [3.8, 4) is 0 Å². The first-order chi connectivity index (χ1) is 9.27. The highest BCUT2D eigenvalue weighted by atomic mass is 15.4. The lowest BCUT2D eigenvalue weighted by Crippen LogP contribution is -2.25. The maximum Gasteiger partial charge on any atom is 0.0762 e. The lowest BCUT2D eigenvalue weighted by atomic mass is 9.91. The fourth-order valence-corrected chi connectivity index (χ4v) is 2.50. The van der Waals surface area contributed by atoms with Gasteiger partial charge in [-0.15, -0.1) is 5.10 Å². The molecule has 19 heavy (non-hydrogen) atoms. The van der Waals surface area contributed by atoms with Crippen LogP contribution in [0.3, 0.4) is 0 Å². The molecule has 4 heteroatoms. The molecule has 1 N–H and O–H groups in total. The molecule has 0 saturated heterocycles. The summed E-state index contributed by atoms with van der Waals surface area (Å²) in [4.78, 5) is 0. The lowest BCUT2D eigenvalue weighted by molar-refractivity contribution is 0.448. The van der Waals surface area contributed by atoms with E-state index in [2.05, 4.69) is 53.7 Å². The summed E-state index contributed by atoms with van der Waals surface area (Å²) in [7, 11) is 1.99. The van der Waals surface area contributed by atoms with E-state index >= 15 is 0 Å². The zero-order valence-corrected chi connectivity index (χ0v) is 11.9. The second-order valence-corrected chi connectivity index (χ2v) is 4.85. The van der Waals surface area contributed by atoms with Crippen molar-refractivity contribution in [1.82, 2.24) is 20.3 Å². The van der Waals surface area contributed by atoms with Gasteiger partial charge in [-0.3, -0.25) is 0 Å². The van der Waals surface area contributed by atoms with Gasteiger partial charge in [0, 0.05) is 12.5 Å². The van der Waals surface area contributed by atoms with Crippen LogP contribution in [0.15, 0.2) is 36.5 Å². The molecule has 0 aliphatic heterocycles. The minimum absolute atomic E-state index is 0.226. The molecule has 0 saturated carbocycles. The van der Waals surface area contributed by atoms with Crippen molar-refractivity contribution in [2.24, 2.45) is 0 Å². The quantitative estimate of drug-likeness (QED) is 0.866. The van der Waals surface area contributed by atoms with Crippen LogP contribution in [0, 0.1) is 0 Å². The minimum Gasteiger partial charge on any atom is -0.311 e. The van der Waals surface area contributed by atoms with E-state index in [4.69, 9.17) is 0 Å². The number of nitrogens with zero attached hydrogens (tertiary/aromatic N) is 3. The maximum absolute atomic E-state index is 4.18. The Bertz CT molecular complexity index is 492. The number of benzene rings is 1. The van der Waals surface area contributed by atoms with Crippen LogP contribution in [-0.4, -0.2) is 22.0 Å².